The van der Waals surface area contributed by atoms with Crippen LogP contribution in [-0.4, -0.2) is 60.1 Å². The van der Waals surface area contributed by atoms with Crippen molar-refractivity contribution in [3.05, 3.63) is 0 Å². The van der Waals surface area contributed by atoms with Crippen molar-refractivity contribution in [3.8, 4) is 0 Å². The van der Waals surface area contributed by atoms with Gasteiger partial charge in [-0.05, 0) is 46.1 Å². The first-order valence-corrected chi connectivity index (χ1v) is 7.97. The van der Waals surface area contributed by atoms with Gasteiger partial charge in [0.05, 0.1) is 0 Å². The van der Waals surface area contributed by atoms with Crippen molar-refractivity contribution in [2.75, 3.05) is 26.2 Å². The van der Waals surface area contributed by atoms with Crippen molar-refractivity contribution < 1.29 is 0 Å². The van der Waals surface area contributed by atoms with Crippen molar-refractivity contribution in [2.24, 2.45) is 0 Å². The van der Waals surface area contributed by atoms with Crippen LogP contribution >= 0.6 is 0 Å². The maximum Gasteiger partial charge on any atom is 0.0225 e. The Balaban J connectivity index is 1.61. The highest BCUT2D eigenvalue weighted by Crippen LogP contribution is 2.27. The fourth-order valence-corrected chi connectivity index (χ4v) is 4.15. The van der Waals surface area contributed by atoms with Gasteiger partial charge < -0.3 is 5.32 Å². The average molecular weight is 251 g/mol. The summed E-state index contributed by atoms with van der Waals surface area (Å²) >= 11 is 0. The number of nitrogens with one attached hydrogen (secondary N) is 1. The van der Waals surface area contributed by atoms with Gasteiger partial charge in [-0.15, -0.1) is 0 Å². The van der Waals surface area contributed by atoms with Crippen LogP contribution in [0.5, 0.6) is 0 Å². The topological polar surface area (TPSA) is 18.5 Å². The minimum Gasteiger partial charge on any atom is -0.313 e. The summed E-state index contributed by atoms with van der Waals surface area (Å²) in [6.07, 6.45) is 7.04. The van der Waals surface area contributed by atoms with E-state index in [2.05, 4.69) is 29.0 Å². The normalized spacial score (nSPS) is 43.7. The van der Waals surface area contributed by atoms with E-state index >= 15 is 0 Å². The Kier molecular flexibility index (Phi) is 3.92. The van der Waals surface area contributed by atoms with E-state index in [1.165, 1.54) is 58.3 Å². The zero-order valence-corrected chi connectivity index (χ0v) is 12.1. The van der Waals surface area contributed by atoms with Gasteiger partial charge >= 0.3 is 0 Å². The van der Waals surface area contributed by atoms with Crippen LogP contribution in [0.25, 0.3) is 0 Å². The summed E-state index contributed by atoms with van der Waals surface area (Å²) in [4.78, 5) is 5.56. The van der Waals surface area contributed by atoms with E-state index in [4.69, 9.17) is 0 Å². The van der Waals surface area contributed by atoms with Crippen molar-refractivity contribution in [3.63, 3.8) is 0 Å². The predicted molar refractivity (Wildman–Crippen MR) is 75.9 cm³/mol. The predicted octanol–water partition coefficient (Wildman–Crippen LogP) is 1.69. The van der Waals surface area contributed by atoms with E-state index in [1.807, 2.05) is 0 Å². The molecule has 1 N–H and O–H groups in total. The number of hydrogen-bond donors (Lipinski definition) is 1. The molecule has 0 saturated carbocycles. The van der Waals surface area contributed by atoms with E-state index in [-0.39, 0.29) is 0 Å². The van der Waals surface area contributed by atoms with Crippen LogP contribution in [0.1, 0.15) is 46.0 Å². The minimum absolute atomic E-state index is 0.729. The van der Waals surface area contributed by atoms with Crippen LogP contribution in [0, 0.1) is 0 Å². The molecular weight excluding hydrogens is 222 g/mol. The fraction of sp³-hybridized carbons (Fsp3) is 1.00. The number of piperidine rings is 2. The van der Waals surface area contributed by atoms with Gasteiger partial charge in [0.25, 0.3) is 0 Å². The van der Waals surface area contributed by atoms with E-state index in [1.54, 1.807) is 0 Å². The Morgan fingerprint density at radius 3 is 2.61 bits per heavy atom. The zero-order valence-electron chi connectivity index (χ0n) is 12.1. The van der Waals surface area contributed by atoms with Gasteiger partial charge in [0, 0.05) is 43.8 Å². The van der Waals surface area contributed by atoms with Gasteiger partial charge in [-0.1, -0.05) is 6.42 Å². The van der Waals surface area contributed by atoms with Gasteiger partial charge in [0.2, 0.25) is 0 Å². The highest BCUT2D eigenvalue weighted by atomic mass is 15.3. The van der Waals surface area contributed by atoms with Crippen LogP contribution in [-0.2, 0) is 0 Å². The van der Waals surface area contributed by atoms with Crippen LogP contribution < -0.4 is 5.32 Å². The number of rotatable bonds is 1. The Bertz CT molecular complexity index is 273. The SMILES string of the molecule is CC1CCC(N2CC3CCCCN3CC2C)CN1. The maximum absolute atomic E-state index is 3.67. The molecule has 0 aromatic heterocycles. The standard InChI is InChI=1S/C15H29N3/c1-12-6-7-14(9-16-12)18-11-15-5-3-4-8-17(15)10-13(18)2/h12-16H,3-11H2,1-2H3. The summed E-state index contributed by atoms with van der Waals surface area (Å²) in [5.41, 5.74) is 0. The molecule has 0 aromatic carbocycles. The smallest absolute Gasteiger partial charge is 0.0225 e. The van der Waals surface area contributed by atoms with Gasteiger partial charge in [0.15, 0.2) is 0 Å². The third-order valence-corrected chi connectivity index (χ3v) is 5.34. The number of piperazine rings is 1. The maximum atomic E-state index is 3.67. The molecule has 3 nitrogen and oxygen atoms in total. The third kappa shape index (κ3) is 2.59. The molecule has 104 valence electrons. The van der Waals surface area contributed by atoms with Crippen molar-refractivity contribution in [2.45, 2.75) is 70.1 Å². The molecule has 0 bridgehead atoms. The molecule has 3 saturated heterocycles. The monoisotopic (exact) mass is 251 g/mol. The first-order chi connectivity index (χ1) is 8.74. The van der Waals surface area contributed by atoms with Crippen LogP contribution in [0.2, 0.25) is 0 Å². The van der Waals surface area contributed by atoms with E-state index in [0.717, 1.165) is 24.2 Å². The van der Waals surface area contributed by atoms with Gasteiger partial charge in [0.1, 0.15) is 0 Å². The van der Waals surface area contributed by atoms with E-state index in [9.17, 15) is 0 Å². The first kappa shape index (κ1) is 12.9. The Morgan fingerprint density at radius 1 is 0.944 bits per heavy atom. The lowest BCUT2D eigenvalue weighted by Gasteiger charge is -2.51. The van der Waals surface area contributed by atoms with E-state index < -0.39 is 0 Å². The summed E-state index contributed by atoms with van der Waals surface area (Å²) in [7, 11) is 0. The molecule has 0 radical (unpaired) electrons. The summed E-state index contributed by atoms with van der Waals surface area (Å²) in [6, 6.07) is 3.13. The van der Waals surface area contributed by atoms with Crippen molar-refractivity contribution in [1.29, 1.82) is 0 Å². The molecule has 0 amide bonds. The summed E-state index contributed by atoms with van der Waals surface area (Å²) in [6.45, 7) is 9.93. The summed E-state index contributed by atoms with van der Waals surface area (Å²) in [5, 5.41) is 3.67. The molecule has 3 rings (SSSR count). The third-order valence-electron chi connectivity index (χ3n) is 5.34. The summed E-state index contributed by atoms with van der Waals surface area (Å²) < 4.78 is 0. The molecule has 3 heteroatoms. The molecule has 0 aromatic rings. The van der Waals surface area contributed by atoms with Gasteiger partial charge in [-0.3, -0.25) is 9.80 Å². The minimum atomic E-state index is 0.729. The fourth-order valence-electron chi connectivity index (χ4n) is 4.15. The van der Waals surface area contributed by atoms with E-state index in [0.29, 0.717) is 0 Å². The Hall–Kier alpha value is -0.120. The van der Waals surface area contributed by atoms with Crippen molar-refractivity contribution in [1.82, 2.24) is 15.1 Å². The number of hydrogen-bond acceptors (Lipinski definition) is 3. The average Bonchev–Trinajstić information content (AvgIpc) is 2.39. The lowest BCUT2D eigenvalue weighted by atomic mass is 9.93. The Labute approximate surface area is 112 Å². The van der Waals surface area contributed by atoms with Crippen LogP contribution in [0.4, 0.5) is 0 Å². The lowest BCUT2D eigenvalue weighted by molar-refractivity contribution is -0.0146. The largest absolute Gasteiger partial charge is 0.313 e. The highest BCUT2D eigenvalue weighted by molar-refractivity contribution is 4.94. The molecule has 4 atom stereocenters. The molecular formula is C15H29N3. The molecule has 0 spiro atoms. The van der Waals surface area contributed by atoms with Gasteiger partial charge in [-0.2, -0.15) is 0 Å². The lowest BCUT2D eigenvalue weighted by Crippen LogP contribution is -2.63. The molecule has 4 unspecified atom stereocenters. The molecule has 3 fully saturated rings. The second-order valence-electron chi connectivity index (χ2n) is 6.73. The number of fused-ring (bicyclic) bond motifs is 1. The highest BCUT2D eigenvalue weighted by Gasteiger charge is 2.36. The van der Waals surface area contributed by atoms with Crippen molar-refractivity contribution >= 4 is 0 Å². The second kappa shape index (κ2) is 5.48. The molecule has 0 aliphatic carbocycles. The quantitative estimate of drug-likeness (QED) is 0.765. The van der Waals surface area contributed by atoms with Crippen LogP contribution in [0.3, 0.4) is 0 Å². The van der Waals surface area contributed by atoms with Crippen LogP contribution in [0.15, 0.2) is 0 Å². The Morgan fingerprint density at radius 2 is 1.83 bits per heavy atom. The molecule has 3 aliphatic rings. The second-order valence-corrected chi connectivity index (χ2v) is 6.73. The zero-order chi connectivity index (χ0) is 12.5. The molecule has 3 heterocycles. The first-order valence-electron chi connectivity index (χ1n) is 7.97. The number of nitrogens with zero attached hydrogens (tertiary/aromatic N) is 2. The molecule has 3 aliphatic heterocycles. The van der Waals surface area contributed by atoms with Gasteiger partial charge in [-0.25, -0.2) is 0 Å². The summed E-state index contributed by atoms with van der Waals surface area (Å²) in [5.74, 6) is 0. The molecule has 18 heavy (non-hydrogen) atoms.